The van der Waals surface area contributed by atoms with Crippen molar-refractivity contribution in [2.45, 2.75) is 155 Å². The fourth-order valence-electron chi connectivity index (χ4n) is 13.8. The smallest absolute Gasteiger partial charge is 0.353 e. The van der Waals surface area contributed by atoms with Crippen LogP contribution in [0.5, 0.6) is 5.75 Å². The number of halogens is 1. The Labute approximate surface area is 512 Å². The van der Waals surface area contributed by atoms with Gasteiger partial charge in [-0.2, -0.15) is 0 Å². The van der Waals surface area contributed by atoms with Crippen LogP contribution in [-0.4, -0.2) is 260 Å². The van der Waals surface area contributed by atoms with Crippen LogP contribution < -0.4 is 16.4 Å². The highest BCUT2D eigenvalue weighted by Crippen LogP contribution is 2.56. The summed E-state index contributed by atoms with van der Waals surface area (Å²) in [6.07, 6.45) is -1.88. The first-order chi connectivity index (χ1) is 39.7. The maximum absolute atomic E-state index is 13.3. The molecule has 86 heavy (non-hydrogen) atoms. The Kier molecular flexibility index (Phi) is 22.4. The Morgan fingerprint density at radius 2 is 1.62 bits per heavy atom. The molecule has 0 radical (unpaired) electrons. The highest BCUT2D eigenvalue weighted by atomic mass is 35.5. The second kappa shape index (κ2) is 27.4. The number of Topliss-reactive ketones (excluding diaryl/α,β-unsaturated/α-hetero) is 2. The van der Waals surface area contributed by atoms with Crippen LogP contribution in [-0.2, 0) is 33.5 Å². The maximum Gasteiger partial charge on any atom is 0.353 e. The van der Waals surface area contributed by atoms with Gasteiger partial charge >= 0.3 is 5.97 Å². The quantitative estimate of drug-likeness (QED) is 0.0598. The summed E-state index contributed by atoms with van der Waals surface area (Å²) in [5, 5.41) is 111. The molecular weight excluding hydrogens is 1190 g/mol. The van der Waals surface area contributed by atoms with Gasteiger partial charge in [0.05, 0.1) is 65.2 Å². The highest BCUT2D eigenvalue weighted by Gasteiger charge is 2.67. The summed E-state index contributed by atoms with van der Waals surface area (Å²) < 4.78 is 5.79. The molecule has 8 aliphatic rings. The van der Waals surface area contributed by atoms with Crippen molar-refractivity contribution in [3.05, 3.63) is 62.6 Å². The number of hydrogen-bond acceptors (Lipinski definition) is 22. The molecule has 21 atom stereocenters. The number of ether oxygens (including phenoxy) is 1. The van der Waals surface area contributed by atoms with E-state index in [2.05, 4.69) is 17.6 Å². The number of phenols is 1. The minimum Gasteiger partial charge on any atom is -0.510 e. The second-order valence-corrected chi connectivity index (χ2v) is 26.9. The van der Waals surface area contributed by atoms with Crippen molar-refractivity contribution in [2.24, 2.45) is 35.3 Å². The molecule has 480 valence electrons. The summed E-state index contributed by atoms with van der Waals surface area (Å²) >= 11 is 8.99. The molecule has 5 heterocycles. The molecule has 0 bridgehead atoms. The Morgan fingerprint density at radius 1 is 0.977 bits per heavy atom. The number of amides is 4. The molecule has 26 nitrogen and oxygen atoms in total. The monoisotopic (exact) mass is 1270 g/mol. The van der Waals surface area contributed by atoms with Crippen LogP contribution in [0.15, 0.2) is 51.5 Å². The molecule has 4 fully saturated rings. The van der Waals surface area contributed by atoms with Crippen LogP contribution in [0.4, 0.5) is 0 Å². The number of nitrogens with zero attached hydrogens (tertiary/aromatic N) is 4. The second-order valence-electron chi connectivity index (χ2n) is 24.0. The average Bonchev–Trinajstić information content (AvgIpc) is 1.38. The van der Waals surface area contributed by atoms with E-state index in [1.807, 2.05) is 18.9 Å². The zero-order chi connectivity index (χ0) is 63.5. The lowest BCUT2D eigenvalue weighted by molar-refractivity contribution is -0.205. The number of nitrogens with one attached hydrogen (secondary N) is 2. The van der Waals surface area contributed by atoms with Gasteiger partial charge in [-0.15, -0.1) is 35.1 Å². The predicted molar refractivity (Wildman–Crippen MR) is 316 cm³/mol. The number of aromatic hydroxyl groups is 1. The standard InChI is InChI=1S/C22H24N2O8.C18H33ClN2O5S.C17H25N3O5S.H2O/c1-7-8-5-4-6-9(25)11(8)16(26)12-10(7)17(27)14-15(24(2)3)18(28)13(21(23)31)20(30)22(14,32)19(12)29;1-5-6-10-7-11(21(3)8-10)17(25)20-12(9(2)19)16-14(23)13(22)15(24)18(26-16)27-4;1-7-12-11(8(2)21)16(23)20(12)13(17(24)25)14(7)26-9-5-10(18-6-9)15(22)19(3)4;/h4-7,10,14-15,17,25,27-29,32H,1-3H3,(H2,23,31);9-16,18,22-24H,5-8H2,1-4H3,(H,20,25);7-12,18,21H,5-6H2,1-4H3,(H,24,25);1H2/t7-,10+,14+,15-,17-,22-;9-,10+,11-,12+,13-,14+,15+,16+,18+;7-,8-,9+,10+,11-,12-;/m001./s1. The lowest BCUT2D eigenvalue weighted by Crippen LogP contribution is -2.68. The molecule has 0 unspecified atom stereocenters. The maximum atomic E-state index is 13.3. The number of alkyl halides is 1. The first-order valence-corrected chi connectivity index (χ1v) is 30.9. The number of carboxylic acid groups (broad SMARTS) is 1. The number of benzene rings is 1. The summed E-state index contributed by atoms with van der Waals surface area (Å²) in [5.41, 5.74) is 0.699. The summed E-state index contributed by atoms with van der Waals surface area (Å²) in [6.45, 7) is 10.5. The molecule has 3 aliphatic carbocycles. The van der Waals surface area contributed by atoms with E-state index in [1.54, 1.807) is 58.2 Å². The first-order valence-electron chi connectivity index (χ1n) is 28.3. The number of nitrogens with two attached hydrogens (primary N) is 1. The van der Waals surface area contributed by atoms with Gasteiger partial charge in [-0.1, -0.05) is 39.3 Å². The Bertz CT molecular complexity index is 2890. The fraction of sp³-hybridized carbons (Fsp3) is 0.667. The molecule has 4 saturated heterocycles. The number of fused-ring (bicyclic) bond motifs is 4. The van der Waals surface area contributed by atoms with Crippen molar-refractivity contribution in [2.75, 3.05) is 54.6 Å². The van der Waals surface area contributed by atoms with E-state index in [-0.39, 0.29) is 69.5 Å². The Hall–Kier alpha value is -4.92. The van der Waals surface area contributed by atoms with Crippen molar-refractivity contribution in [3.8, 4) is 5.75 Å². The zero-order valence-electron chi connectivity index (χ0n) is 49.8. The number of aliphatic carboxylic acids is 1. The number of aliphatic hydroxyl groups is 8. The van der Waals surface area contributed by atoms with Gasteiger partial charge in [0.25, 0.3) is 5.91 Å². The van der Waals surface area contributed by atoms with Crippen LogP contribution in [0.1, 0.15) is 82.1 Å². The lowest BCUT2D eigenvalue weighted by atomic mass is 9.55. The van der Waals surface area contributed by atoms with Crippen LogP contribution in [0.3, 0.4) is 0 Å². The molecule has 29 heteroatoms. The van der Waals surface area contributed by atoms with Crippen LogP contribution in [0, 0.1) is 29.6 Å². The number of primary amides is 1. The Morgan fingerprint density at radius 3 is 2.16 bits per heavy atom. The third-order valence-corrected chi connectivity index (χ3v) is 20.7. The van der Waals surface area contributed by atoms with Gasteiger partial charge < -0.3 is 87.4 Å². The molecule has 9 rings (SSSR count). The normalized spacial score (nSPS) is 35.8. The van der Waals surface area contributed by atoms with Crippen LogP contribution in [0.25, 0.3) is 0 Å². The third kappa shape index (κ3) is 12.4. The molecule has 1 aromatic carbocycles. The van der Waals surface area contributed by atoms with Gasteiger partial charge in [-0.05, 0) is 84.0 Å². The molecule has 0 spiro atoms. The van der Waals surface area contributed by atoms with Gasteiger partial charge in [-0.3, -0.25) is 38.6 Å². The van der Waals surface area contributed by atoms with E-state index >= 15 is 0 Å². The van der Waals surface area contributed by atoms with E-state index in [0.717, 1.165) is 25.8 Å². The largest absolute Gasteiger partial charge is 0.510 e. The number of rotatable bonds is 14. The minimum atomic E-state index is -2.89. The Balaban J connectivity index is 0.000000207. The molecule has 5 aliphatic heterocycles. The van der Waals surface area contributed by atoms with Crippen LogP contribution >= 0.6 is 35.1 Å². The molecule has 0 aromatic heterocycles. The lowest BCUT2D eigenvalue weighted by Gasteiger charge is -2.53. The average molecular weight is 1270 g/mol. The molecule has 4 amide bonds. The summed E-state index contributed by atoms with van der Waals surface area (Å²) in [5.74, 6) is -10.6. The number of thioether (sulfide) groups is 2. The number of carbonyl (C=O) groups excluding carboxylic acids is 6. The van der Waals surface area contributed by atoms with Crippen molar-refractivity contribution < 1.29 is 94.8 Å². The van der Waals surface area contributed by atoms with Crippen molar-refractivity contribution in [3.63, 3.8) is 0 Å². The SMILES string of the molecule is CCC[C@@H]1C[C@@H](C(=O)N[C@@H]([C@H]2O[C@H](SC)[C@H](O)[C@@H](O)[C@H]2O)[C@H](C)Cl)N(C)C1.C[C@@H](O)[C@H]1C(=O)N2C(C(=O)O)=C(S[C@@H]3CN[C@H](C(=O)N(C)C)C3)[C@H](C)[C@H]12.C[C@H]1c2cccc(O)c2C(=O)C2=C(O)[C@]3(O)C(=O)C(C(N)=O)=C(O)[C@@H](N(C)C)[C@@H]3[C@@H](O)[C@@H]21.O. The number of aliphatic hydroxyl groups excluding tert-OH is 7. The number of likely N-dealkylation sites (N-methyl/N-ethyl adjacent to an activating group) is 3. The van der Waals surface area contributed by atoms with E-state index in [0.29, 0.717) is 29.4 Å². The summed E-state index contributed by atoms with van der Waals surface area (Å²) in [7, 11) is 8.33. The van der Waals surface area contributed by atoms with E-state index in [9.17, 15) is 84.6 Å². The van der Waals surface area contributed by atoms with Gasteiger partial charge in [0, 0.05) is 54.7 Å². The van der Waals surface area contributed by atoms with E-state index in [4.69, 9.17) is 22.1 Å². The van der Waals surface area contributed by atoms with Crippen molar-refractivity contribution in [1.82, 2.24) is 30.2 Å². The van der Waals surface area contributed by atoms with E-state index in [1.165, 1.54) is 53.5 Å². The highest BCUT2D eigenvalue weighted by molar-refractivity contribution is 8.03. The van der Waals surface area contributed by atoms with Gasteiger partial charge in [0.15, 0.2) is 11.4 Å². The molecular formula is C57H84ClN7O19S2. The number of carbonyl (C=O) groups is 7. The van der Waals surface area contributed by atoms with Gasteiger partial charge in [-0.25, -0.2) is 4.79 Å². The fourth-order valence-corrected chi connectivity index (χ4v) is 16.2. The molecule has 16 N–H and O–H groups in total. The zero-order valence-corrected chi connectivity index (χ0v) is 52.2. The number of phenolic OH excluding ortho intramolecular Hbond substituents is 1. The molecule has 0 saturated carbocycles. The van der Waals surface area contributed by atoms with E-state index < -0.39 is 135 Å². The minimum absolute atomic E-state index is 0. The van der Waals surface area contributed by atoms with Crippen molar-refractivity contribution >= 4 is 76.3 Å². The predicted octanol–water partition coefficient (Wildman–Crippen LogP) is -1.09. The van der Waals surface area contributed by atoms with Crippen LogP contribution in [0.2, 0.25) is 0 Å². The molecule has 1 aromatic rings. The first kappa shape index (κ1) is 70.2. The summed E-state index contributed by atoms with van der Waals surface area (Å²) in [6, 6.07) is 1.66. The van der Waals surface area contributed by atoms with Gasteiger partial charge in [0.1, 0.15) is 58.4 Å². The number of hydrogen-bond donors (Lipinski definition) is 13. The third-order valence-electron chi connectivity index (χ3n) is 18.1. The van der Waals surface area contributed by atoms with Crippen molar-refractivity contribution in [1.29, 1.82) is 0 Å². The number of carboxylic acids is 1. The summed E-state index contributed by atoms with van der Waals surface area (Å²) in [4.78, 5) is 94.6. The number of likely N-dealkylation sites (tertiary alicyclic amines) is 1. The topological polar surface area (TPSA) is 426 Å². The number of β-lactam (4-membered cyclic amide) rings is 1. The number of ketones is 2. The van der Waals surface area contributed by atoms with Gasteiger partial charge in [0.2, 0.25) is 23.5 Å².